The van der Waals surface area contributed by atoms with Gasteiger partial charge in [0, 0.05) is 43.2 Å². The number of hydrogen-bond acceptors (Lipinski definition) is 6. The number of fused-ring (bicyclic) bond motifs is 1. The molecule has 5 rings (SSSR count). The fourth-order valence-corrected chi connectivity index (χ4v) is 4.61. The van der Waals surface area contributed by atoms with Gasteiger partial charge < -0.3 is 14.7 Å². The summed E-state index contributed by atoms with van der Waals surface area (Å²) >= 11 is 1.46. The Labute approximate surface area is 178 Å². The molecule has 0 saturated carbocycles. The molecular formula is C23H22N4O2S. The van der Waals surface area contributed by atoms with Gasteiger partial charge in [0.05, 0.1) is 29.5 Å². The number of aromatic hydroxyl groups is 1. The van der Waals surface area contributed by atoms with Crippen LogP contribution in [0.5, 0.6) is 5.88 Å². The summed E-state index contributed by atoms with van der Waals surface area (Å²) in [4.78, 5) is 13.0. The van der Waals surface area contributed by atoms with E-state index < -0.39 is 0 Å². The second-order valence-electron chi connectivity index (χ2n) is 7.23. The number of nitrogens with zero attached hydrogens (tertiary/aromatic N) is 4. The van der Waals surface area contributed by atoms with Crippen molar-refractivity contribution in [1.29, 1.82) is 0 Å². The van der Waals surface area contributed by atoms with Crippen molar-refractivity contribution in [3.05, 3.63) is 63.8 Å². The lowest BCUT2D eigenvalue weighted by molar-refractivity contribution is 0.122. The van der Waals surface area contributed by atoms with E-state index in [0.717, 1.165) is 58.5 Å². The maximum Gasteiger partial charge on any atom is 0.210 e. The van der Waals surface area contributed by atoms with Gasteiger partial charge in [-0.3, -0.25) is 9.56 Å². The fraction of sp³-hybridized carbons (Fsp3) is 0.217. The smallest absolute Gasteiger partial charge is 0.210 e. The summed E-state index contributed by atoms with van der Waals surface area (Å²) in [6.45, 7) is 3.36. The van der Waals surface area contributed by atoms with Gasteiger partial charge in [-0.25, -0.2) is 4.99 Å². The molecule has 3 heterocycles. The van der Waals surface area contributed by atoms with Crippen LogP contribution in [0.2, 0.25) is 0 Å². The minimum absolute atomic E-state index is 0.203. The van der Waals surface area contributed by atoms with Crippen LogP contribution in [0.15, 0.2) is 58.5 Å². The van der Waals surface area contributed by atoms with Crippen molar-refractivity contribution in [1.82, 2.24) is 4.57 Å². The zero-order chi connectivity index (χ0) is 20.5. The Kier molecular flexibility index (Phi) is 4.98. The minimum Gasteiger partial charge on any atom is -0.493 e. The van der Waals surface area contributed by atoms with Crippen molar-refractivity contribution in [2.24, 2.45) is 17.0 Å². The lowest BCUT2D eigenvalue weighted by Crippen LogP contribution is -2.36. The van der Waals surface area contributed by atoms with Crippen molar-refractivity contribution in [2.45, 2.75) is 0 Å². The van der Waals surface area contributed by atoms with E-state index in [1.165, 1.54) is 17.0 Å². The van der Waals surface area contributed by atoms with Crippen LogP contribution in [0.25, 0.3) is 11.6 Å². The summed E-state index contributed by atoms with van der Waals surface area (Å²) in [7, 11) is 1.82. The maximum atomic E-state index is 10.6. The molecule has 0 amide bonds. The lowest BCUT2D eigenvalue weighted by atomic mass is 10.1. The van der Waals surface area contributed by atoms with Gasteiger partial charge >= 0.3 is 0 Å². The van der Waals surface area contributed by atoms with Crippen LogP contribution in [0, 0.1) is 0 Å². The number of morpholine rings is 1. The molecule has 0 bridgehead atoms. The van der Waals surface area contributed by atoms with E-state index >= 15 is 0 Å². The van der Waals surface area contributed by atoms with Crippen LogP contribution in [0.4, 0.5) is 17.1 Å². The second kappa shape index (κ2) is 7.93. The summed E-state index contributed by atoms with van der Waals surface area (Å²) in [5.74, 6) is 0.203. The van der Waals surface area contributed by atoms with E-state index in [1.807, 2.05) is 55.7 Å². The van der Waals surface area contributed by atoms with Crippen molar-refractivity contribution < 1.29 is 9.84 Å². The van der Waals surface area contributed by atoms with Crippen molar-refractivity contribution in [2.75, 3.05) is 31.2 Å². The van der Waals surface area contributed by atoms with Crippen LogP contribution in [-0.2, 0) is 11.8 Å². The van der Waals surface area contributed by atoms with E-state index in [-0.39, 0.29) is 5.88 Å². The summed E-state index contributed by atoms with van der Waals surface area (Å²) in [5, 5.41) is 10.6. The number of rotatable bonds is 3. The first-order valence-electron chi connectivity index (χ1n) is 9.90. The summed E-state index contributed by atoms with van der Waals surface area (Å²) < 4.78 is 7.13. The van der Waals surface area contributed by atoms with Crippen LogP contribution in [0.1, 0.15) is 10.4 Å². The molecule has 1 fully saturated rings. The van der Waals surface area contributed by atoms with Crippen LogP contribution in [0.3, 0.4) is 0 Å². The average Bonchev–Trinajstić information content (AvgIpc) is 3.32. The Bertz CT molecular complexity index is 1200. The molecule has 152 valence electrons. The highest BCUT2D eigenvalue weighted by atomic mass is 32.1. The Hall–Kier alpha value is -3.16. The molecule has 30 heavy (non-hydrogen) atoms. The molecule has 1 aromatic heterocycles. The SMILES string of the molecule is Cn1c(O)c(/C=C2/C=Nc3ccccc32)sc1=Nc1ccc(N2CCOCC2)cc1. The van der Waals surface area contributed by atoms with Gasteiger partial charge in [0.15, 0.2) is 4.80 Å². The number of aliphatic imine (C=N–C) groups is 1. The first kappa shape index (κ1) is 18.8. The monoisotopic (exact) mass is 418 g/mol. The van der Waals surface area contributed by atoms with E-state index in [1.54, 1.807) is 4.57 Å². The normalized spacial score (nSPS) is 17.7. The molecule has 1 saturated heterocycles. The molecule has 0 unspecified atom stereocenters. The van der Waals surface area contributed by atoms with E-state index in [9.17, 15) is 5.11 Å². The largest absolute Gasteiger partial charge is 0.493 e. The van der Waals surface area contributed by atoms with Crippen molar-refractivity contribution in [3.8, 4) is 5.88 Å². The molecule has 2 aliphatic heterocycles. The molecule has 2 aliphatic rings. The van der Waals surface area contributed by atoms with Gasteiger partial charge in [0.2, 0.25) is 5.88 Å². The van der Waals surface area contributed by atoms with Gasteiger partial charge in [-0.05, 0) is 36.4 Å². The first-order chi connectivity index (χ1) is 14.7. The van der Waals surface area contributed by atoms with E-state index in [0.29, 0.717) is 0 Å². The molecule has 1 N–H and O–H groups in total. The molecule has 0 aliphatic carbocycles. The van der Waals surface area contributed by atoms with Gasteiger partial charge in [-0.1, -0.05) is 29.5 Å². The average molecular weight is 419 g/mol. The number of aromatic nitrogens is 1. The van der Waals surface area contributed by atoms with Gasteiger partial charge in [-0.15, -0.1) is 0 Å². The molecule has 0 radical (unpaired) electrons. The summed E-state index contributed by atoms with van der Waals surface area (Å²) in [6, 6.07) is 16.2. The fourth-order valence-electron chi connectivity index (χ4n) is 3.63. The topological polar surface area (TPSA) is 62.3 Å². The number of ether oxygens (including phenoxy) is 1. The molecule has 0 spiro atoms. The first-order valence-corrected chi connectivity index (χ1v) is 10.7. The Morgan fingerprint density at radius 1 is 1.10 bits per heavy atom. The summed E-state index contributed by atoms with van der Waals surface area (Å²) in [6.07, 6.45) is 3.81. The van der Waals surface area contributed by atoms with Gasteiger partial charge in [-0.2, -0.15) is 0 Å². The Balaban J connectivity index is 1.44. The summed E-state index contributed by atoms with van der Waals surface area (Å²) in [5.41, 5.74) is 5.06. The number of thiazole rings is 1. The van der Waals surface area contributed by atoms with Crippen molar-refractivity contribution in [3.63, 3.8) is 0 Å². The van der Waals surface area contributed by atoms with Gasteiger partial charge in [0.1, 0.15) is 0 Å². The molecule has 6 nitrogen and oxygen atoms in total. The molecule has 7 heteroatoms. The highest BCUT2D eigenvalue weighted by Gasteiger charge is 2.15. The van der Waals surface area contributed by atoms with E-state index in [2.05, 4.69) is 22.0 Å². The quantitative estimate of drug-likeness (QED) is 0.696. The van der Waals surface area contributed by atoms with Crippen molar-refractivity contribution >= 4 is 46.3 Å². The number of hydrogen-bond donors (Lipinski definition) is 1. The molecule has 2 aromatic carbocycles. The molecule has 3 aromatic rings. The van der Waals surface area contributed by atoms with Crippen LogP contribution in [-0.4, -0.2) is 42.2 Å². The zero-order valence-electron chi connectivity index (χ0n) is 16.7. The Morgan fingerprint density at radius 2 is 1.87 bits per heavy atom. The van der Waals surface area contributed by atoms with E-state index in [4.69, 9.17) is 9.73 Å². The third-order valence-electron chi connectivity index (χ3n) is 5.32. The number of benzene rings is 2. The molecule has 0 atom stereocenters. The predicted octanol–water partition coefficient (Wildman–Crippen LogP) is 4.12. The van der Waals surface area contributed by atoms with Crippen LogP contribution >= 0.6 is 11.3 Å². The number of para-hydroxylation sites is 1. The Morgan fingerprint density at radius 3 is 2.67 bits per heavy atom. The highest BCUT2D eigenvalue weighted by molar-refractivity contribution is 7.10. The highest BCUT2D eigenvalue weighted by Crippen LogP contribution is 2.34. The standard InChI is InChI=1S/C23H22N4O2S/c1-26-22(28)21(14-16-15-24-20-5-3-2-4-19(16)20)30-23(26)25-17-6-8-18(9-7-17)27-10-12-29-13-11-27/h2-9,14-15,28H,10-13H2,1H3/b16-14-,25-23?. The predicted molar refractivity (Wildman–Crippen MR) is 122 cm³/mol. The zero-order valence-corrected chi connectivity index (χ0v) is 17.5. The van der Waals surface area contributed by atoms with Gasteiger partial charge in [0.25, 0.3) is 0 Å². The maximum absolute atomic E-state index is 10.6. The number of anilines is 1. The second-order valence-corrected chi connectivity index (χ2v) is 8.24. The number of allylic oxidation sites excluding steroid dienone is 1. The molecular weight excluding hydrogens is 396 g/mol. The lowest BCUT2D eigenvalue weighted by Gasteiger charge is -2.28. The minimum atomic E-state index is 0.203. The van der Waals surface area contributed by atoms with Crippen LogP contribution < -0.4 is 9.70 Å². The third kappa shape index (κ3) is 3.58. The third-order valence-corrected chi connectivity index (χ3v) is 6.39.